The first-order valence-electron chi connectivity index (χ1n) is 8.67. The van der Waals surface area contributed by atoms with Crippen LogP contribution in [0.5, 0.6) is 0 Å². The maximum absolute atomic E-state index is 13.2. The Bertz CT molecular complexity index is 1260. The predicted octanol–water partition coefficient (Wildman–Crippen LogP) is 5.35. The average molecular weight is 468 g/mol. The Kier molecular flexibility index (Phi) is 5.46. The lowest BCUT2D eigenvalue weighted by Crippen LogP contribution is -2.21. The van der Waals surface area contributed by atoms with E-state index in [9.17, 15) is 14.9 Å². The Morgan fingerprint density at radius 1 is 1.00 bits per heavy atom. The normalized spacial score (nSPS) is 10.9. The SMILES string of the molecule is O=c1c2ccccc2nc(SCc2ccc([N+](=O)[O-])cc2)n1-c1ccc(Br)cc1. The van der Waals surface area contributed by atoms with E-state index < -0.39 is 4.92 Å². The maximum atomic E-state index is 13.2. The van der Waals surface area contributed by atoms with Gasteiger partial charge < -0.3 is 0 Å². The van der Waals surface area contributed by atoms with Crippen LogP contribution < -0.4 is 5.56 Å². The Balaban J connectivity index is 1.75. The van der Waals surface area contributed by atoms with Gasteiger partial charge in [0.1, 0.15) is 0 Å². The number of rotatable bonds is 5. The fourth-order valence-electron chi connectivity index (χ4n) is 2.89. The number of aromatic nitrogens is 2. The van der Waals surface area contributed by atoms with Crippen LogP contribution >= 0.6 is 27.7 Å². The number of thioether (sulfide) groups is 1. The summed E-state index contributed by atoms with van der Waals surface area (Å²) in [5.41, 5.74) is 2.18. The van der Waals surface area contributed by atoms with Gasteiger partial charge in [0, 0.05) is 22.4 Å². The van der Waals surface area contributed by atoms with Crippen molar-refractivity contribution in [3.8, 4) is 5.69 Å². The Labute approximate surface area is 178 Å². The fraction of sp³-hybridized carbons (Fsp3) is 0.0476. The minimum absolute atomic E-state index is 0.0503. The minimum atomic E-state index is -0.424. The first-order valence-corrected chi connectivity index (χ1v) is 10.4. The highest BCUT2D eigenvalue weighted by molar-refractivity contribution is 9.10. The number of halogens is 1. The first kappa shape index (κ1) is 19.4. The summed E-state index contributed by atoms with van der Waals surface area (Å²) in [4.78, 5) is 28.3. The van der Waals surface area contributed by atoms with E-state index in [1.165, 1.54) is 23.9 Å². The molecule has 144 valence electrons. The monoisotopic (exact) mass is 467 g/mol. The maximum Gasteiger partial charge on any atom is 0.269 e. The van der Waals surface area contributed by atoms with Gasteiger partial charge in [0.25, 0.3) is 11.2 Å². The van der Waals surface area contributed by atoms with Crippen molar-refractivity contribution in [1.82, 2.24) is 9.55 Å². The quantitative estimate of drug-likeness (QED) is 0.171. The summed E-state index contributed by atoms with van der Waals surface area (Å²) in [6, 6.07) is 21.1. The van der Waals surface area contributed by atoms with E-state index in [0.717, 1.165) is 15.7 Å². The van der Waals surface area contributed by atoms with Gasteiger partial charge in [0.2, 0.25) is 0 Å². The third kappa shape index (κ3) is 4.08. The number of nitro benzene ring substituents is 1. The Morgan fingerprint density at radius 3 is 2.38 bits per heavy atom. The number of non-ortho nitro benzene ring substituents is 1. The van der Waals surface area contributed by atoms with Crippen molar-refractivity contribution in [2.24, 2.45) is 0 Å². The van der Waals surface area contributed by atoms with Gasteiger partial charge in [0.05, 0.1) is 21.5 Å². The van der Waals surface area contributed by atoms with Gasteiger partial charge in [0.15, 0.2) is 5.16 Å². The molecule has 0 amide bonds. The van der Waals surface area contributed by atoms with Crippen LogP contribution in [-0.4, -0.2) is 14.5 Å². The first-order chi connectivity index (χ1) is 14.0. The summed E-state index contributed by atoms with van der Waals surface area (Å²) in [6.45, 7) is 0. The van der Waals surface area contributed by atoms with Crippen molar-refractivity contribution >= 4 is 44.3 Å². The summed E-state index contributed by atoms with van der Waals surface area (Å²) in [6.07, 6.45) is 0. The van der Waals surface area contributed by atoms with E-state index in [2.05, 4.69) is 15.9 Å². The number of fused-ring (bicyclic) bond motifs is 1. The van der Waals surface area contributed by atoms with Crippen molar-refractivity contribution in [3.63, 3.8) is 0 Å². The molecule has 0 bridgehead atoms. The van der Waals surface area contributed by atoms with Crippen molar-refractivity contribution in [3.05, 3.63) is 103 Å². The molecule has 1 heterocycles. The third-order valence-electron chi connectivity index (χ3n) is 4.34. The zero-order chi connectivity index (χ0) is 20.4. The molecular weight excluding hydrogens is 454 g/mol. The molecule has 0 saturated carbocycles. The smallest absolute Gasteiger partial charge is 0.268 e. The fourth-order valence-corrected chi connectivity index (χ4v) is 4.12. The van der Waals surface area contributed by atoms with Gasteiger partial charge in [-0.25, -0.2) is 4.98 Å². The van der Waals surface area contributed by atoms with Crippen LogP contribution in [0.15, 0.2) is 87.2 Å². The molecule has 0 atom stereocenters. The van der Waals surface area contributed by atoms with Crippen molar-refractivity contribution in [1.29, 1.82) is 0 Å². The van der Waals surface area contributed by atoms with Crippen LogP contribution in [0, 0.1) is 10.1 Å². The van der Waals surface area contributed by atoms with E-state index in [4.69, 9.17) is 4.98 Å². The van der Waals surface area contributed by atoms with E-state index in [1.54, 1.807) is 22.8 Å². The highest BCUT2D eigenvalue weighted by Gasteiger charge is 2.14. The molecule has 0 saturated heterocycles. The zero-order valence-corrected chi connectivity index (χ0v) is 17.4. The summed E-state index contributed by atoms with van der Waals surface area (Å²) < 4.78 is 2.52. The number of hydrogen-bond donors (Lipinski definition) is 0. The summed E-state index contributed by atoms with van der Waals surface area (Å²) in [7, 11) is 0. The molecule has 0 spiro atoms. The third-order valence-corrected chi connectivity index (χ3v) is 5.88. The number of nitrogens with zero attached hydrogens (tertiary/aromatic N) is 3. The molecule has 0 unspecified atom stereocenters. The van der Waals surface area contributed by atoms with Crippen LogP contribution in [0.2, 0.25) is 0 Å². The van der Waals surface area contributed by atoms with Crippen LogP contribution in [0.1, 0.15) is 5.56 Å². The topological polar surface area (TPSA) is 78.0 Å². The predicted molar refractivity (Wildman–Crippen MR) is 118 cm³/mol. The Morgan fingerprint density at radius 2 is 1.69 bits per heavy atom. The molecule has 0 aliphatic rings. The van der Waals surface area contributed by atoms with Gasteiger partial charge >= 0.3 is 0 Å². The molecule has 3 aromatic carbocycles. The molecule has 0 aliphatic heterocycles. The average Bonchev–Trinajstić information content (AvgIpc) is 2.73. The number of para-hydroxylation sites is 1. The summed E-state index contributed by atoms with van der Waals surface area (Å²) in [5, 5.41) is 11.9. The van der Waals surface area contributed by atoms with Crippen molar-refractivity contribution < 1.29 is 4.92 Å². The molecular formula is C21H14BrN3O3S. The van der Waals surface area contributed by atoms with Crippen LogP contribution in [0.25, 0.3) is 16.6 Å². The van der Waals surface area contributed by atoms with Gasteiger partial charge in [-0.2, -0.15) is 0 Å². The molecule has 4 rings (SSSR count). The number of hydrogen-bond acceptors (Lipinski definition) is 5. The van der Waals surface area contributed by atoms with Crippen LogP contribution in [0.4, 0.5) is 5.69 Å². The number of nitro groups is 1. The van der Waals surface area contributed by atoms with Gasteiger partial charge in [-0.15, -0.1) is 0 Å². The lowest BCUT2D eigenvalue weighted by Gasteiger charge is -2.13. The largest absolute Gasteiger partial charge is 0.269 e. The van der Waals surface area contributed by atoms with Gasteiger partial charge in [-0.3, -0.25) is 19.5 Å². The van der Waals surface area contributed by atoms with Crippen molar-refractivity contribution in [2.75, 3.05) is 0 Å². The lowest BCUT2D eigenvalue weighted by atomic mass is 10.2. The summed E-state index contributed by atoms with van der Waals surface area (Å²) >= 11 is 4.83. The minimum Gasteiger partial charge on any atom is -0.268 e. The molecule has 4 aromatic rings. The molecule has 8 heteroatoms. The highest BCUT2D eigenvalue weighted by atomic mass is 79.9. The van der Waals surface area contributed by atoms with Gasteiger partial charge in [-0.05, 0) is 42.0 Å². The van der Waals surface area contributed by atoms with Crippen LogP contribution in [0.3, 0.4) is 0 Å². The standard InChI is InChI=1S/C21H14BrN3O3S/c22-15-7-11-16(12-8-15)24-20(26)18-3-1-2-4-19(18)23-21(24)29-13-14-5-9-17(10-6-14)25(27)28/h1-12H,13H2. The van der Waals surface area contributed by atoms with E-state index >= 15 is 0 Å². The molecule has 0 N–H and O–H groups in total. The number of benzene rings is 3. The van der Waals surface area contributed by atoms with E-state index in [-0.39, 0.29) is 11.2 Å². The Hall–Kier alpha value is -2.97. The molecule has 29 heavy (non-hydrogen) atoms. The molecule has 0 aliphatic carbocycles. The second kappa shape index (κ2) is 8.18. The highest BCUT2D eigenvalue weighted by Crippen LogP contribution is 2.26. The summed E-state index contributed by atoms with van der Waals surface area (Å²) in [5.74, 6) is 0.527. The second-order valence-electron chi connectivity index (χ2n) is 6.24. The lowest BCUT2D eigenvalue weighted by molar-refractivity contribution is -0.384. The molecule has 1 aromatic heterocycles. The second-order valence-corrected chi connectivity index (χ2v) is 8.10. The molecule has 0 radical (unpaired) electrons. The molecule has 6 nitrogen and oxygen atoms in total. The van der Waals surface area contributed by atoms with E-state index in [1.807, 2.05) is 42.5 Å². The molecule has 0 fully saturated rings. The zero-order valence-electron chi connectivity index (χ0n) is 15.0. The van der Waals surface area contributed by atoms with E-state index in [0.29, 0.717) is 21.8 Å². The van der Waals surface area contributed by atoms with Crippen molar-refractivity contribution in [2.45, 2.75) is 10.9 Å². The van der Waals surface area contributed by atoms with Crippen LogP contribution in [-0.2, 0) is 5.75 Å². The van der Waals surface area contributed by atoms with Gasteiger partial charge in [-0.1, -0.05) is 52.0 Å².